The van der Waals surface area contributed by atoms with Crippen LogP contribution >= 0.6 is 0 Å². The highest BCUT2D eigenvalue weighted by Crippen LogP contribution is 2.26. The fourth-order valence-electron chi connectivity index (χ4n) is 4.79. The van der Waals surface area contributed by atoms with Crippen molar-refractivity contribution in [1.82, 2.24) is 19.4 Å². The number of hydrogen-bond acceptors (Lipinski definition) is 5. The molecule has 3 heterocycles. The van der Waals surface area contributed by atoms with Gasteiger partial charge in [-0.2, -0.15) is 0 Å². The number of likely N-dealkylation sites (tertiary alicyclic amines) is 1. The number of H-pyrrole nitrogens is 1. The van der Waals surface area contributed by atoms with Gasteiger partial charge in [-0.3, -0.25) is 24.1 Å². The topological polar surface area (TPSA) is 100 Å². The highest BCUT2D eigenvalue weighted by molar-refractivity contribution is 5.92. The number of carbonyl (C=O) groups excluding carboxylic acids is 1. The van der Waals surface area contributed by atoms with E-state index < -0.39 is 5.69 Å². The highest BCUT2D eigenvalue weighted by Gasteiger charge is 2.25. The van der Waals surface area contributed by atoms with E-state index in [1.165, 1.54) is 28.2 Å². The van der Waals surface area contributed by atoms with E-state index in [0.29, 0.717) is 31.1 Å². The molecule has 0 radical (unpaired) electrons. The summed E-state index contributed by atoms with van der Waals surface area (Å²) in [6.07, 6.45) is 6.43. The number of nitrogens with zero attached hydrogens (tertiary/aromatic N) is 3. The van der Waals surface area contributed by atoms with Crippen LogP contribution in [-0.2, 0) is 19.4 Å². The molecule has 1 amide bonds. The van der Waals surface area contributed by atoms with E-state index in [9.17, 15) is 14.4 Å². The first-order chi connectivity index (χ1) is 16.1. The van der Waals surface area contributed by atoms with Gasteiger partial charge in [0.1, 0.15) is 11.5 Å². The number of anilines is 2. The lowest BCUT2D eigenvalue weighted by Gasteiger charge is -2.31. The van der Waals surface area contributed by atoms with Crippen molar-refractivity contribution in [3.63, 3.8) is 0 Å². The predicted molar refractivity (Wildman–Crippen MR) is 126 cm³/mol. The lowest BCUT2D eigenvalue weighted by molar-refractivity contribution is 0.0676. The molecule has 1 saturated heterocycles. The van der Waals surface area contributed by atoms with Crippen LogP contribution in [0, 0.1) is 5.92 Å². The first-order valence-corrected chi connectivity index (χ1v) is 11.5. The number of hydrogen-bond donors (Lipinski definition) is 2. The molecule has 5 rings (SSSR count). The molecule has 2 aliphatic rings. The van der Waals surface area contributed by atoms with Crippen molar-refractivity contribution in [3.8, 4) is 0 Å². The second-order valence-corrected chi connectivity index (χ2v) is 8.85. The van der Waals surface area contributed by atoms with Gasteiger partial charge in [-0.15, -0.1) is 0 Å². The Labute approximate surface area is 191 Å². The minimum atomic E-state index is -0.418. The Kier molecular flexibility index (Phi) is 5.81. The molecule has 1 aromatic carbocycles. The lowest BCUT2D eigenvalue weighted by atomic mass is 9.96. The molecule has 8 nitrogen and oxygen atoms in total. The summed E-state index contributed by atoms with van der Waals surface area (Å²) in [5, 5.41) is 3.16. The molecule has 0 bridgehead atoms. The Morgan fingerprint density at radius 1 is 1.06 bits per heavy atom. The van der Waals surface area contributed by atoms with Crippen LogP contribution in [0.15, 0.2) is 58.3 Å². The van der Waals surface area contributed by atoms with E-state index in [0.717, 1.165) is 31.4 Å². The van der Waals surface area contributed by atoms with E-state index in [4.69, 9.17) is 0 Å². The summed E-state index contributed by atoms with van der Waals surface area (Å²) in [5.41, 5.74) is 3.26. The number of aryl methyl sites for hydroxylation is 2. The Morgan fingerprint density at radius 2 is 1.88 bits per heavy atom. The zero-order valence-corrected chi connectivity index (χ0v) is 18.4. The number of aromatic nitrogens is 3. The van der Waals surface area contributed by atoms with Gasteiger partial charge >= 0.3 is 5.69 Å². The molecule has 8 heteroatoms. The van der Waals surface area contributed by atoms with Crippen molar-refractivity contribution in [2.45, 2.75) is 38.6 Å². The first-order valence-electron chi connectivity index (χ1n) is 11.5. The van der Waals surface area contributed by atoms with Gasteiger partial charge in [0.2, 0.25) is 0 Å². The van der Waals surface area contributed by atoms with Crippen molar-refractivity contribution in [1.29, 1.82) is 0 Å². The van der Waals surface area contributed by atoms with Crippen LogP contribution in [-0.4, -0.2) is 38.4 Å². The van der Waals surface area contributed by atoms with E-state index in [1.807, 2.05) is 6.07 Å². The molecule has 0 saturated carbocycles. The van der Waals surface area contributed by atoms with Gasteiger partial charge in [0.15, 0.2) is 0 Å². The molecule has 33 heavy (non-hydrogen) atoms. The highest BCUT2D eigenvalue weighted by atomic mass is 16.2. The molecule has 2 aromatic heterocycles. The van der Waals surface area contributed by atoms with Crippen molar-refractivity contribution in [2.75, 3.05) is 18.4 Å². The number of rotatable bonds is 5. The molecule has 1 aliphatic carbocycles. The largest absolute Gasteiger partial charge is 0.342 e. The average Bonchev–Trinajstić information content (AvgIpc) is 3.30. The quantitative estimate of drug-likeness (QED) is 0.629. The number of pyridine rings is 1. The predicted octanol–water partition coefficient (Wildman–Crippen LogP) is 2.72. The van der Waals surface area contributed by atoms with Crippen LogP contribution in [0.2, 0.25) is 0 Å². The summed E-state index contributed by atoms with van der Waals surface area (Å²) in [7, 11) is 0. The number of aromatic amines is 1. The van der Waals surface area contributed by atoms with Gasteiger partial charge in [-0.05, 0) is 73.4 Å². The van der Waals surface area contributed by atoms with E-state index in [1.54, 1.807) is 29.3 Å². The van der Waals surface area contributed by atoms with Crippen LogP contribution < -0.4 is 16.6 Å². The summed E-state index contributed by atoms with van der Waals surface area (Å²) in [6, 6.07) is 12.9. The van der Waals surface area contributed by atoms with Gasteiger partial charge in [0.25, 0.3) is 11.5 Å². The third-order valence-corrected chi connectivity index (χ3v) is 6.62. The smallest absolute Gasteiger partial charge is 0.329 e. The number of benzene rings is 1. The molecule has 3 aromatic rings. The van der Waals surface area contributed by atoms with E-state index in [2.05, 4.69) is 27.4 Å². The Bertz CT molecular complexity index is 1240. The van der Waals surface area contributed by atoms with Crippen LogP contribution in [0.1, 0.15) is 40.9 Å². The molecule has 0 unspecified atom stereocenters. The summed E-state index contributed by atoms with van der Waals surface area (Å²) < 4.78 is 1.26. The normalized spacial score (nSPS) is 15.9. The monoisotopic (exact) mass is 445 g/mol. The van der Waals surface area contributed by atoms with Gasteiger partial charge < -0.3 is 10.2 Å². The maximum absolute atomic E-state index is 12.7. The summed E-state index contributed by atoms with van der Waals surface area (Å²) in [5.74, 6) is 0.480. The average molecular weight is 446 g/mol. The molecule has 1 aliphatic heterocycles. The maximum Gasteiger partial charge on any atom is 0.329 e. The van der Waals surface area contributed by atoms with Crippen molar-refractivity contribution in [2.24, 2.45) is 5.92 Å². The maximum atomic E-state index is 12.7. The van der Waals surface area contributed by atoms with Crippen molar-refractivity contribution in [3.05, 3.63) is 86.3 Å². The van der Waals surface area contributed by atoms with Gasteiger partial charge in [-0.1, -0.05) is 12.1 Å². The van der Waals surface area contributed by atoms with Crippen LogP contribution in [0.3, 0.4) is 0 Å². The zero-order valence-electron chi connectivity index (χ0n) is 18.4. The van der Waals surface area contributed by atoms with Gasteiger partial charge in [0.05, 0.1) is 0 Å². The fraction of sp³-hybridized carbons (Fsp3) is 0.360. The summed E-state index contributed by atoms with van der Waals surface area (Å²) in [6.45, 7) is 1.52. The Balaban J connectivity index is 1.22. The second kappa shape index (κ2) is 9.05. The molecule has 2 N–H and O–H groups in total. The van der Waals surface area contributed by atoms with Crippen LogP contribution in [0.4, 0.5) is 11.5 Å². The third-order valence-electron chi connectivity index (χ3n) is 6.62. The molecule has 0 spiro atoms. The summed E-state index contributed by atoms with van der Waals surface area (Å²) in [4.78, 5) is 46.6. The number of carbonyl (C=O) groups is 1. The standard InChI is InChI=1S/C25H27N5O3/c31-23-15-22(27-20-8-7-18-4-3-5-19(18)14-20)28-25(33)30(23)16-17-9-12-29(13-10-17)24(32)21-6-1-2-11-26-21/h1-2,6-8,11,14-15,17,27H,3-5,9-10,12-13,16H2,(H,28,33). The lowest BCUT2D eigenvalue weighted by Crippen LogP contribution is -2.42. The fourth-order valence-corrected chi connectivity index (χ4v) is 4.79. The van der Waals surface area contributed by atoms with E-state index >= 15 is 0 Å². The van der Waals surface area contributed by atoms with Gasteiger partial charge in [-0.25, -0.2) is 4.79 Å². The SMILES string of the molecule is O=C(c1ccccn1)N1CCC(Cn2c(=O)cc(Nc3ccc4c(c3)CCC4)[nH]c2=O)CC1. The minimum Gasteiger partial charge on any atom is -0.342 e. The first kappa shape index (κ1) is 21.2. The van der Waals surface area contributed by atoms with Crippen molar-refractivity contribution >= 4 is 17.4 Å². The number of piperidine rings is 1. The van der Waals surface area contributed by atoms with Crippen LogP contribution in [0.25, 0.3) is 0 Å². The molecule has 0 atom stereocenters. The minimum absolute atomic E-state index is 0.0777. The number of nitrogens with one attached hydrogen (secondary N) is 2. The Morgan fingerprint density at radius 3 is 2.64 bits per heavy atom. The van der Waals surface area contributed by atoms with Gasteiger partial charge in [0, 0.05) is 37.6 Å². The van der Waals surface area contributed by atoms with Crippen molar-refractivity contribution < 1.29 is 4.79 Å². The Hall–Kier alpha value is -3.68. The third kappa shape index (κ3) is 4.60. The molecule has 170 valence electrons. The molecular formula is C25H27N5O3. The molecular weight excluding hydrogens is 418 g/mol. The molecule has 1 fully saturated rings. The zero-order chi connectivity index (χ0) is 22.8. The second-order valence-electron chi connectivity index (χ2n) is 8.85. The summed E-state index contributed by atoms with van der Waals surface area (Å²) >= 11 is 0. The van der Waals surface area contributed by atoms with E-state index in [-0.39, 0.29) is 17.4 Å². The number of fused-ring (bicyclic) bond motifs is 1. The number of amides is 1. The van der Waals surface area contributed by atoms with Crippen LogP contribution in [0.5, 0.6) is 0 Å².